The second-order valence-electron chi connectivity index (χ2n) is 8.12. The maximum Gasteiger partial charge on any atom is 0.339 e. The minimum absolute atomic E-state index is 0.340. The molecule has 1 aromatic heterocycles. The molecule has 0 saturated heterocycles. The standard InChI is InChI=1S/C28H23N3O3/c1-17-11-12-22(18(2)13-17)26-15-24(23-9-4-5-10-25(23)31-26)28(33)34-19(3)27(32)30-21-8-6-7-20(14-21)16-29/h4-15,19H,1-3H3,(H,30,32). The number of hydrogen-bond donors (Lipinski definition) is 1. The molecule has 0 radical (unpaired) electrons. The number of nitrogens with zero attached hydrogens (tertiary/aromatic N) is 2. The molecule has 0 fully saturated rings. The van der Waals surface area contributed by atoms with Crippen molar-refractivity contribution in [1.82, 2.24) is 4.98 Å². The molecule has 6 nitrogen and oxygen atoms in total. The van der Waals surface area contributed by atoms with E-state index in [2.05, 4.69) is 11.4 Å². The topological polar surface area (TPSA) is 92.1 Å². The predicted molar refractivity (Wildman–Crippen MR) is 131 cm³/mol. The molecule has 4 aromatic rings. The lowest BCUT2D eigenvalue weighted by atomic mass is 9.99. The fourth-order valence-corrected chi connectivity index (χ4v) is 3.77. The third-order valence-electron chi connectivity index (χ3n) is 5.51. The Morgan fingerprint density at radius 2 is 1.79 bits per heavy atom. The molecule has 0 saturated carbocycles. The third-order valence-corrected chi connectivity index (χ3v) is 5.51. The number of fused-ring (bicyclic) bond motifs is 1. The van der Waals surface area contributed by atoms with Crippen LogP contribution in [0.1, 0.15) is 34.0 Å². The summed E-state index contributed by atoms with van der Waals surface area (Å²) in [6.45, 7) is 5.54. The Balaban J connectivity index is 1.62. The van der Waals surface area contributed by atoms with Gasteiger partial charge in [-0.1, -0.05) is 48.0 Å². The number of aryl methyl sites for hydroxylation is 2. The summed E-state index contributed by atoms with van der Waals surface area (Å²) >= 11 is 0. The van der Waals surface area contributed by atoms with Gasteiger partial charge in [-0.25, -0.2) is 9.78 Å². The van der Waals surface area contributed by atoms with Gasteiger partial charge in [-0.2, -0.15) is 5.26 Å². The quantitative estimate of drug-likeness (QED) is 0.402. The van der Waals surface area contributed by atoms with Crippen molar-refractivity contribution in [3.05, 3.63) is 95.1 Å². The van der Waals surface area contributed by atoms with Crippen molar-refractivity contribution in [3.8, 4) is 17.3 Å². The Morgan fingerprint density at radius 1 is 1.00 bits per heavy atom. The second kappa shape index (κ2) is 9.55. The number of carbonyl (C=O) groups is 2. The van der Waals surface area contributed by atoms with E-state index in [0.717, 1.165) is 16.7 Å². The number of rotatable bonds is 5. The lowest BCUT2D eigenvalue weighted by molar-refractivity contribution is -0.123. The van der Waals surface area contributed by atoms with Crippen LogP contribution in [0.3, 0.4) is 0 Å². The number of nitriles is 1. The van der Waals surface area contributed by atoms with Gasteiger partial charge in [0.1, 0.15) is 0 Å². The zero-order chi connectivity index (χ0) is 24.2. The Hall–Kier alpha value is -4.50. The van der Waals surface area contributed by atoms with Gasteiger partial charge in [0.25, 0.3) is 5.91 Å². The van der Waals surface area contributed by atoms with Crippen LogP contribution < -0.4 is 5.32 Å². The average Bonchev–Trinajstić information content (AvgIpc) is 2.83. The predicted octanol–water partition coefficient (Wildman–Crippen LogP) is 5.57. The van der Waals surface area contributed by atoms with Gasteiger partial charge in [0.15, 0.2) is 6.10 Å². The van der Waals surface area contributed by atoms with E-state index in [1.54, 1.807) is 30.3 Å². The first-order valence-electron chi connectivity index (χ1n) is 10.8. The van der Waals surface area contributed by atoms with Crippen LogP contribution in [0.4, 0.5) is 5.69 Å². The lowest BCUT2D eigenvalue weighted by Crippen LogP contribution is -2.30. The normalized spacial score (nSPS) is 11.5. The van der Waals surface area contributed by atoms with Crippen molar-refractivity contribution in [3.63, 3.8) is 0 Å². The van der Waals surface area contributed by atoms with Crippen molar-refractivity contribution in [2.75, 3.05) is 5.32 Å². The summed E-state index contributed by atoms with van der Waals surface area (Å²) in [7, 11) is 0. The van der Waals surface area contributed by atoms with Crippen LogP contribution in [0.2, 0.25) is 0 Å². The Morgan fingerprint density at radius 3 is 2.56 bits per heavy atom. The van der Waals surface area contributed by atoms with Crippen molar-refractivity contribution in [2.45, 2.75) is 26.9 Å². The number of pyridine rings is 1. The van der Waals surface area contributed by atoms with E-state index in [9.17, 15) is 9.59 Å². The van der Waals surface area contributed by atoms with E-state index in [-0.39, 0.29) is 0 Å². The number of carbonyl (C=O) groups excluding carboxylic acids is 2. The van der Waals surface area contributed by atoms with Crippen molar-refractivity contribution < 1.29 is 14.3 Å². The maximum absolute atomic E-state index is 13.2. The van der Waals surface area contributed by atoms with Crippen LogP contribution in [-0.2, 0) is 9.53 Å². The Bertz CT molecular complexity index is 1450. The fraction of sp³-hybridized carbons (Fsp3) is 0.143. The highest BCUT2D eigenvalue weighted by Crippen LogP contribution is 2.28. The molecule has 0 aliphatic rings. The van der Waals surface area contributed by atoms with Crippen molar-refractivity contribution >= 4 is 28.5 Å². The van der Waals surface area contributed by atoms with Gasteiger partial charge >= 0.3 is 5.97 Å². The van der Waals surface area contributed by atoms with E-state index in [1.807, 2.05) is 56.3 Å². The van der Waals surface area contributed by atoms with Crippen LogP contribution >= 0.6 is 0 Å². The van der Waals surface area contributed by atoms with Crippen LogP contribution in [-0.4, -0.2) is 23.0 Å². The van der Waals surface area contributed by atoms with Gasteiger partial charge in [-0.3, -0.25) is 4.79 Å². The smallest absolute Gasteiger partial charge is 0.339 e. The molecule has 3 aromatic carbocycles. The molecule has 0 aliphatic heterocycles. The number of ether oxygens (including phenoxy) is 1. The molecule has 4 rings (SSSR count). The van der Waals surface area contributed by atoms with E-state index >= 15 is 0 Å². The molecule has 0 spiro atoms. The number of esters is 1. The van der Waals surface area contributed by atoms with Crippen LogP contribution in [0.25, 0.3) is 22.2 Å². The number of anilines is 1. The molecule has 34 heavy (non-hydrogen) atoms. The van der Waals surface area contributed by atoms with Crippen LogP contribution in [0.15, 0.2) is 72.8 Å². The van der Waals surface area contributed by atoms with Gasteiger partial charge < -0.3 is 10.1 Å². The van der Waals surface area contributed by atoms with Crippen LogP contribution in [0.5, 0.6) is 0 Å². The monoisotopic (exact) mass is 449 g/mol. The van der Waals surface area contributed by atoms with Gasteiger partial charge in [0.2, 0.25) is 0 Å². The number of hydrogen-bond acceptors (Lipinski definition) is 5. The minimum atomic E-state index is -1.05. The van der Waals surface area contributed by atoms with E-state index < -0.39 is 18.0 Å². The highest BCUT2D eigenvalue weighted by molar-refractivity contribution is 6.06. The van der Waals surface area contributed by atoms with Gasteiger partial charge in [-0.05, 0) is 56.7 Å². The number of benzene rings is 3. The molecule has 1 atom stereocenters. The minimum Gasteiger partial charge on any atom is -0.449 e. The third kappa shape index (κ3) is 4.79. The summed E-state index contributed by atoms with van der Waals surface area (Å²) in [4.78, 5) is 30.6. The molecule has 1 N–H and O–H groups in total. The molecule has 1 amide bonds. The molecular weight excluding hydrogens is 426 g/mol. The summed E-state index contributed by atoms with van der Waals surface area (Å²) < 4.78 is 5.53. The first-order chi connectivity index (χ1) is 16.4. The molecule has 0 aliphatic carbocycles. The zero-order valence-electron chi connectivity index (χ0n) is 19.1. The Labute approximate surface area is 197 Å². The van der Waals surface area contributed by atoms with Gasteiger partial charge in [-0.15, -0.1) is 0 Å². The summed E-state index contributed by atoms with van der Waals surface area (Å²) in [5.41, 5.74) is 5.66. The SMILES string of the molecule is Cc1ccc(-c2cc(C(=O)OC(C)C(=O)Nc3cccc(C#N)c3)c3ccccc3n2)c(C)c1. The fourth-order valence-electron chi connectivity index (χ4n) is 3.77. The first kappa shape index (κ1) is 22.7. The molecule has 1 unspecified atom stereocenters. The summed E-state index contributed by atoms with van der Waals surface area (Å²) in [5.74, 6) is -1.10. The zero-order valence-corrected chi connectivity index (χ0v) is 19.1. The van der Waals surface area contributed by atoms with Gasteiger partial charge in [0.05, 0.1) is 28.4 Å². The number of para-hydroxylation sites is 1. The second-order valence-corrected chi connectivity index (χ2v) is 8.12. The summed E-state index contributed by atoms with van der Waals surface area (Å²) in [6, 6.07) is 23.7. The summed E-state index contributed by atoms with van der Waals surface area (Å²) in [6.07, 6.45) is -1.05. The number of amides is 1. The lowest BCUT2D eigenvalue weighted by Gasteiger charge is -2.15. The van der Waals surface area contributed by atoms with Crippen LogP contribution in [0, 0.1) is 25.2 Å². The van der Waals surface area contributed by atoms with Gasteiger partial charge in [0, 0.05) is 16.6 Å². The molecule has 168 valence electrons. The van der Waals surface area contributed by atoms with E-state index in [1.165, 1.54) is 6.92 Å². The highest BCUT2D eigenvalue weighted by Gasteiger charge is 2.22. The summed E-state index contributed by atoms with van der Waals surface area (Å²) in [5, 5.41) is 12.4. The number of aromatic nitrogens is 1. The largest absolute Gasteiger partial charge is 0.449 e. The van der Waals surface area contributed by atoms with E-state index in [0.29, 0.717) is 33.4 Å². The molecule has 6 heteroatoms. The average molecular weight is 450 g/mol. The first-order valence-corrected chi connectivity index (χ1v) is 10.8. The molecule has 0 bridgehead atoms. The molecular formula is C28H23N3O3. The Kier molecular flexibility index (Phi) is 6.37. The maximum atomic E-state index is 13.2. The number of nitrogens with one attached hydrogen (secondary N) is 1. The van der Waals surface area contributed by atoms with Crippen molar-refractivity contribution in [1.29, 1.82) is 5.26 Å². The van der Waals surface area contributed by atoms with E-state index in [4.69, 9.17) is 15.0 Å². The highest BCUT2D eigenvalue weighted by atomic mass is 16.5. The molecule has 1 heterocycles. The van der Waals surface area contributed by atoms with Crippen molar-refractivity contribution in [2.24, 2.45) is 0 Å².